The van der Waals surface area contributed by atoms with E-state index in [2.05, 4.69) is 4.98 Å². The van der Waals surface area contributed by atoms with Gasteiger partial charge in [0.25, 0.3) is 5.56 Å². The van der Waals surface area contributed by atoms with Gasteiger partial charge in [-0.25, -0.2) is 0 Å². The Morgan fingerprint density at radius 1 is 1.29 bits per heavy atom. The van der Waals surface area contributed by atoms with E-state index in [-0.39, 0.29) is 5.56 Å². The maximum Gasteiger partial charge on any atom is 0.251 e. The maximum absolute atomic E-state index is 11.3. The van der Waals surface area contributed by atoms with Gasteiger partial charge in [0.15, 0.2) is 0 Å². The number of aldehydes is 1. The number of H-pyrrole nitrogens is 1. The van der Waals surface area contributed by atoms with E-state index in [0.29, 0.717) is 11.1 Å². The van der Waals surface area contributed by atoms with E-state index in [1.165, 1.54) is 0 Å². The van der Waals surface area contributed by atoms with Gasteiger partial charge in [-0.05, 0) is 36.6 Å². The summed E-state index contributed by atoms with van der Waals surface area (Å²) in [5, 5.41) is 0.881. The number of pyridine rings is 1. The van der Waals surface area contributed by atoms with E-state index in [0.717, 1.165) is 17.2 Å². The summed E-state index contributed by atoms with van der Waals surface area (Å²) in [6.45, 7) is 1.74. The Morgan fingerprint density at radius 3 is 2.79 bits per heavy atom. The van der Waals surface area contributed by atoms with Gasteiger partial charge >= 0.3 is 0 Å². The molecule has 0 saturated carbocycles. The molecule has 3 heteroatoms. The van der Waals surface area contributed by atoms with Crippen LogP contribution in [0.5, 0.6) is 0 Å². The zero-order chi connectivity index (χ0) is 10.1. The van der Waals surface area contributed by atoms with Crippen LogP contribution in [0.3, 0.4) is 0 Å². The highest BCUT2D eigenvalue weighted by molar-refractivity contribution is 5.86. The zero-order valence-corrected chi connectivity index (χ0v) is 7.70. The quantitative estimate of drug-likeness (QED) is 0.690. The first-order chi connectivity index (χ1) is 6.70. The Labute approximate surface area is 80.4 Å². The topological polar surface area (TPSA) is 49.9 Å². The normalized spacial score (nSPS) is 10.4. The van der Waals surface area contributed by atoms with Crippen LogP contribution in [-0.2, 0) is 0 Å². The van der Waals surface area contributed by atoms with Crippen molar-refractivity contribution >= 4 is 17.2 Å². The van der Waals surface area contributed by atoms with E-state index >= 15 is 0 Å². The highest BCUT2D eigenvalue weighted by atomic mass is 16.1. The van der Waals surface area contributed by atoms with Crippen molar-refractivity contribution in [1.29, 1.82) is 0 Å². The fraction of sp³-hybridized carbons (Fsp3) is 0.0909. The number of hydrogen-bond acceptors (Lipinski definition) is 2. The molecule has 0 aliphatic rings. The second kappa shape index (κ2) is 3.10. The third-order valence-corrected chi connectivity index (χ3v) is 2.19. The molecule has 0 spiro atoms. The summed E-state index contributed by atoms with van der Waals surface area (Å²) in [6.07, 6.45) is 0.792. The molecule has 2 aromatic rings. The molecular weight excluding hydrogens is 178 g/mol. The minimum Gasteiger partial charge on any atom is -0.322 e. The first-order valence-electron chi connectivity index (χ1n) is 4.29. The fourth-order valence-corrected chi connectivity index (χ4v) is 1.41. The number of carbonyl (C=O) groups is 1. The van der Waals surface area contributed by atoms with Gasteiger partial charge in [0.2, 0.25) is 0 Å². The molecule has 0 saturated heterocycles. The number of aromatic amines is 1. The van der Waals surface area contributed by atoms with Gasteiger partial charge in [-0.15, -0.1) is 0 Å². The lowest BCUT2D eigenvalue weighted by atomic mass is 10.1. The standard InChI is InChI=1S/C11H9NO2/c1-7-4-9-5-8(6-13)2-3-10(9)12-11(7)14/h2-6H,1H3,(H,12,14). The average molecular weight is 187 g/mol. The number of carbonyl (C=O) groups excluding carboxylic acids is 1. The smallest absolute Gasteiger partial charge is 0.251 e. The lowest BCUT2D eigenvalue weighted by molar-refractivity contribution is 0.112. The number of aromatic nitrogens is 1. The Balaban J connectivity index is 2.83. The molecule has 3 nitrogen and oxygen atoms in total. The van der Waals surface area contributed by atoms with Crippen LogP contribution in [-0.4, -0.2) is 11.3 Å². The van der Waals surface area contributed by atoms with Crippen molar-refractivity contribution in [2.24, 2.45) is 0 Å². The molecular formula is C11H9NO2. The fourth-order valence-electron chi connectivity index (χ4n) is 1.41. The van der Waals surface area contributed by atoms with Gasteiger partial charge < -0.3 is 4.98 Å². The molecule has 2 rings (SSSR count). The minimum absolute atomic E-state index is 0.0867. The van der Waals surface area contributed by atoms with Crippen molar-refractivity contribution in [3.8, 4) is 0 Å². The summed E-state index contributed by atoms with van der Waals surface area (Å²) >= 11 is 0. The van der Waals surface area contributed by atoms with Crippen molar-refractivity contribution in [3.05, 3.63) is 45.7 Å². The minimum atomic E-state index is -0.0867. The Bertz CT molecular complexity index is 555. The lowest BCUT2D eigenvalue weighted by Gasteiger charge is -1.99. The Hall–Kier alpha value is -1.90. The van der Waals surface area contributed by atoms with Crippen molar-refractivity contribution < 1.29 is 4.79 Å². The second-order valence-corrected chi connectivity index (χ2v) is 3.25. The van der Waals surface area contributed by atoms with Crippen molar-refractivity contribution in [2.75, 3.05) is 0 Å². The SMILES string of the molecule is Cc1cc2cc(C=O)ccc2[nH]c1=O. The molecule has 1 N–H and O–H groups in total. The average Bonchev–Trinajstić information content (AvgIpc) is 2.19. The van der Waals surface area contributed by atoms with Gasteiger partial charge in [-0.2, -0.15) is 0 Å². The van der Waals surface area contributed by atoms with Crippen LogP contribution in [0.1, 0.15) is 15.9 Å². The number of fused-ring (bicyclic) bond motifs is 1. The first kappa shape index (κ1) is 8.69. The largest absolute Gasteiger partial charge is 0.322 e. The Morgan fingerprint density at radius 2 is 2.07 bits per heavy atom. The third kappa shape index (κ3) is 1.33. The highest BCUT2D eigenvalue weighted by Gasteiger charge is 1.99. The summed E-state index contributed by atoms with van der Waals surface area (Å²) in [5.41, 5.74) is 1.94. The molecule has 0 aliphatic carbocycles. The van der Waals surface area contributed by atoms with Crippen LogP contribution in [0.25, 0.3) is 10.9 Å². The second-order valence-electron chi connectivity index (χ2n) is 3.25. The van der Waals surface area contributed by atoms with Crippen LogP contribution >= 0.6 is 0 Å². The summed E-state index contributed by atoms with van der Waals surface area (Å²) in [7, 11) is 0. The van der Waals surface area contributed by atoms with Crippen molar-refractivity contribution in [3.63, 3.8) is 0 Å². The van der Waals surface area contributed by atoms with Crippen LogP contribution in [0.15, 0.2) is 29.1 Å². The van der Waals surface area contributed by atoms with E-state index in [1.54, 1.807) is 31.2 Å². The predicted molar refractivity (Wildman–Crippen MR) is 54.7 cm³/mol. The molecule has 0 radical (unpaired) electrons. The zero-order valence-electron chi connectivity index (χ0n) is 7.70. The highest BCUT2D eigenvalue weighted by Crippen LogP contribution is 2.12. The molecule has 14 heavy (non-hydrogen) atoms. The number of nitrogens with one attached hydrogen (secondary N) is 1. The molecule has 1 aromatic carbocycles. The number of rotatable bonds is 1. The van der Waals surface area contributed by atoms with E-state index < -0.39 is 0 Å². The monoisotopic (exact) mass is 187 g/mol. The molecule has 0 atom stereocenters. The van der Waals surface area contributed by atoms with E-state index in [1.807, 2.05) is 0 Å². The van der Waals surface area contributed by atoms with Crippen LogP contribution < -0.4 is 5.56 Å². The summed E-state index contributed by atoms with van der Waals surface area (Å²) in [6, 6.07) is 6.95. The van der Waals surface area contributed by atoms with Gasteiger partial charge in [0.05, 0.1) is 0 Å². The maximum atomic E-state index is 11.3. The molecule has 1 aromatic heterocycles. The summed E-state index contributed by atoms with van der Waals surface area (Å²) in [4.78, 5) is 24.5. The summed E-state index contributed by atoms with van der Waals surface area (Å²) in [5.74, 6) is 0. The first-order valence-corrected chi connectivity index (χ1v) is 4.29. The third-order valence-electron chi connectivity index (χ3n) is 2.19. The van der Waals surface area contributed by atoms with Crippen molar-refractivity contribution in [1.82, 2.24) is 4.98 Å². The Kier molecular flexibility index (Phi) is 1.93. The van der Waals surface area contributed by atoms with Crippen molar-refractivity contribution in [2.45, 2.75) is 6.92 Å². The van der Waals surface area contributed by atoms with Crippen LogP contribution in [0.4, 0.5) is 0 Å². The molecule has 1 heterocycles. The summed E-state index contributed by atoms with van der Waals surface area (Å²) < 4.78 is 0. The van der Waals surface area contributed by atoms with Gasteiger partial charge in [0, 0.05) is 16.6 Å². The van der Waals surface area contributed by atoms with Gasteiger partial charge in [-0.3, -0.25) is 9.59 Å². The number of aryl methyl sites for hydroxylation is 1. The van der Waals surface area contributed by atoms with Crippen LogP contribution in [0, 0.1) is 6.92 Å². The van der Waals surface area contributed by atoms with Crippen LogP contribution in [0.2, 0.25) is 0 Å². The molecule has 0 bridgehead atoms. The van der Waals surface area contributed by atoms with E-state index in [4.69, 9.17) is 0 Å². The van der Waals surface area contributed by atoms with Gasteiger partial charge in [-0.1, -0.05) is 0 Å². The molecule has 0 unspecified atom stereocenters. The lowest BCUT2D eigenvalue weighted by Crippen LogP contribution is -2.08. The van der Waals surface area contributed by atoms with E-state index in [9.17, 15) is 9.59 Å². The molecule has 0 amide bonds. The molecule has 70 valence electrons. The molecule has 0 fully saturated rings. The number of benzene rings is 1. The number of hydrogen-bond donors (Lipinski definition) is 1. The molecule has 0 aliphatic heterocycles. The van der Waals surface area contributed by atoms with Gasteiger partial charge in [0.1, 0.15) is 6.29 Å². The predicted octanol–water partition coefficient (Wildman–Crippen LogP) is 1.65.